The van der Waals surface area contributed by atoms with Crippen LogP contribution in [0.2, 0.25) is 0 Å². The van der Waals surface area contributed by atoms with Gasteiger partial charge in [0.15, 0.2) is 0 Å². The minimum atomic E-state index is -1.28. The van der Waals surface area contributed by atoms with Crippen LogP contribution >= 0.6 is 0 Å². The van der Waals surface area contributed by atoms with Gasteiger partial charge in [-0.1, -0.05) is 13.8 Å². The third-order valence-corrected chi connectivity index (χ3v) is 8.92. The van der Waals surface area contributed by atoms with E-state index in [1.54, 1.807) is 13.8 Å². The summed E-state index contributed by atoms with van der Waals surface area (Å²) in [4.78, 5) is 137. The maximum absolute atomic E-state index is 13.2. The molecule has 0 aliphatic carbocycles. The molecule has 64 heavy (non-hydrogen) atoms. The number of nitrogens with one attached hydrogen (secondary N) is 10. The van der Waals surface area contributed by atoms with Gasteiger partial charge in [-0.15, -0.1) is 0 Å². The van der Waals surface area contributed by atoms with Crippen molar-refractivity contribution in [2.45, 2.75) is 102 Å². The lowest BCUT2D eigenvalue weighted by Gasteiger charge is -2.22. The Morgan fingerprint density at radius 2 is 0.688 bits per heavy atom. The van der Waals surface area contributed by atoms with E-state index in [0.29, 0.717) is 58.2 Å². The highest BCUT2D eigenvalue weighted by Gasteiger charge is 2.27. The third-order valence-electron chi connectivity index (χ3n) is 8.92. The van der Waals surface area contributed by atoms with E-state index in [-0.39, 0.29) is 38.1 Å². The molecular formula is C38H70N14O12. The first kappa shape index (κ1) is 58.0. The van der Waals surface area contributed by atoms with Crippen LogP contribution in [-0.4, -0.2) is 160 Å². The van der Waals surface area contributed by atoms with Gasteiger partial charge in [0.2, 0.25) is 59.1 Å². The number of nitrogens with two attached hydrogens (primary N) is 4. The Bertz CT molecular complexity index is 1550. The van der Waals surface area contributed by atoms with Gasteiger partial charge >= 0.3 is 5.97 Å². The second-order valence-electron chi connectivity index (χ2n) is 15.0. The second-order valence-corrected chi connectivity index (χ2v) is 15.0. The maximum atomic E-state index is 13.2. The molecule has 10 amide bonds. The molecule has 0 bridgehead atoms. The van der Waals surface area contributed by atoms with Gasteiger partial charge in [-0.3, -0.25) is 52.7 Å². The van der Waals surface area contributed by atoms with Crippen molar-refractivity contribution in [3.63, 3.8) is 0 Å². The Morgan fingerprint density at radius 3 is 1.02 bits per heavy atom. The Balaban J connectivity index is 5.32. The Morgan fingerprint density at radius 1 is 0.391 bits per heavy atom. The summed E-state index contributed by atoms with van der Waals surface area (Å²) in [5.74, 6) is -8.59. The molecule has 0 unspecified atom stereocenters. The van der Waals surface area contributed by atoms with Crippen molar-refractivity contribution in [2.75, 3.05) is 65.4 Å². The third kappa shape index (κ3) is 28.6. The van der Waals surface area contributed by atoms with Gasteiger partial charge in [-0.25, -0.2) is 0 Å². The molecule has 0 aliphatic rings. The van der Waals surface area contributed by atoms with Crippen LogP contribution in [0.25, 0.3) is 0 Å². The van der Waals surface area contributed by atoms with Crippen molar-refractivity contribution < 1.29 is 57.8 Å². The van der Waals surface area contributed by atoms with Crippen molar-refractivity contribution in [1.29, 1.82) is 0 Å². The van der Waals surface area contributed by atoms with Crippen molar-refractivity contribution in [3.05, 3.63) is 0 Å². The summed E-state index contributed by atoms with van der Waals surface area (Å²) in [6.45, 7) is 0.761. The smallest absolute Gasteiger partial charge is 0.322 e. The van der Waals surface area contributed by atoms with Gasteiger partial charge in [-0.05, 0) is 89.8 Å². The van der Waals surface area contributed by atoms with Crippen LogP contribution in [-0.2, 0) is 52.7 Å². The summed E-state index contributed by atoms with van der Waals surface area (Å²) < 4.78 is 0. The van der Waals surface area contributed by atoms with Gasteiger partial charge in [-0.2, -0.15) is 0 Å². The first-order valence-corrected chi connectivity index (χ1v) is 21.2. The minimum Gasteiger partial charge on any atom is -0.480 e. The molecule has 26 heteroatoms. The van der Waals surface area contributed by atoms with Crippen LogP contribution in [0.4, 0.5) is 0 Å². The Labute approximate surface area is 372 Å². The predicted molar refractivity (Wildman–Crippen MR) is 231 cm³/mol. The molecule has 0 aromatic rings. The van der Waals surface area contributed by atoms with Crippen molar-refractivity contribution in [3.8, 4) is 0 Å². The number of hydrogen-bond donors (Lipinski definition) is 15. The number of unbranched alkanes of at least 4 members (excludes halogenated alkanes) is 3. The van der Waals surface area contributed by atoms with E-state index in [1.165, 1.54) is 0 Å². The van der Waals surface area contributed by atoms with Crippen molar-refractivity contribution >= 4 is 65.0 Å². The fourth-order valence-corrected chi connectivity index (χ4v) is 5.62. The molecule has 0 saturated carbocycles. The molecule has 0 aromatic carbocycles. The number of aliphatic carboxylic acids is 1. The molecule has 19 N–H and O–H groups in total. The van der Waals surface area contributed by atoms with E-state index in [4.69, 9.17) is 28.0 Å². The van der Waals surface area contributed by atoms with Gasteiger partial charge in [0.1, 0.15) is 30.7 Å². The van der Waals surface area contributed by atoms with Gasteiger partial charge in [0.05, 0.1) is 39.3 Å². The van der Waals surface area contributed by atoms with Crippen LogP contribution in [0.3, 0.4) is 0 Å². The van der Waals surface area contributed by atoms with Crippen molar-refractivity contribution in [2.24, 2.45) is 28.9 Å². The molecule has 4 atom stereocenters. The molecular weight excluding hydrogens is 845 g/mol. The lowest BCUT2D eigenvalue weighted by Crippen LogP contribution is -2.55. The van der Waals surface area contributed by atoms with E-state index < -0.39 is 128 Å². The number of hydrogen-bond acceptors (Lipinski definition) is 15. The molecule has 0 heterocycles. The molecule has 0 fully saturated rings. The standard InChI is InChI=1S/C38H70N14O12/c1-23(2)15-27(38(64)48-20-32(57)51-25(10-4-7-13-40)36(62)46-18-30(55)44-22-34(59)60)52-33(58)21-47-37(63)26(11-5-8-14-41)50-31(56)19-43-29(54)17-45-35(61)24(9-3-6-12-39)49-28(53)16-42/h23-27H,3-22,39-42H2,1-2H3,(H,43,54)(H,44,55)(H,45,61)(H,46,62)(H,47,63)(H,48,64)(H,49,53)(H,50,56)(H,51,57)(H,52,58)(H,59,60)/t24-,25-,26-,27-/m0/s1. The normalized spacial score (nSPS) is 12.5. The Hall–Kier alpha value is -5.99. The molecule has 0 aliphatic heterocycles. The lowest BCUT2D eigenvalue weighted by atomic mass is 10.0. The van der Waals surface area contributed by atoms with E-state index in [9.17, 15) is 52.7 Å². The van der Waals surface area contributed by atoms with E-state index in [0.717, 1.165) is 0 Å². The van der Waals surface area contributed by atoms with Gasteiger partial charge in [0, 0.05) is 0 Å². The molecule has 0 rings (SSSR count). The highest BCUT2D eigenvalue weighted by molar-refractivity contribution is 5.96. The number of carbonyl (C=O) groups is 11. The highest BCUT2D eigenvalue weighted by atomic mass is 16.4. The SMILES string of the molecule is CC(C)C[C@H](NC(=O)CNC(=O)[C@H](CCCCN)NC(=O)CNC(=O)CNC(=O)[C@H](CCCCN)NC(=O)CN)C(=O)NCC(=O)N[C@@H](CCCCN)C(=O)NCC(=O)NCC(=O)O. The minimum absolute atomic E-state index is 0.117. The zero-order chi connectivity index (χ0) is 48.5. The predicted octanol–water partition coefficient (Wildman–Crippen LogP) is -6.90. The molecule has 26 nitrogen and oxygen atoms in total. The second kappa shape index (κ2) is 34.5. The first-order chi connectivity index (χ1) is 30.4. The van der Waals surface area contributed by atoms with Crippen LogP contribution in [0.1, 0.15) is 78.1 Å². The summed E-state index contributed by atoms with van der Waals surface area (Å²) >= 11 is 0. The van der Waals surface area contributed by atoms with Gasteiger partial charge < -0.3 is 81.2 Å². The summed E-state index contributed by atoms with van der Waals surface area (Å²) in [5.41, 5.74) is 21.9. The van der Waals surface area contributed by atoms with Crippen molar-refractivity contribution in [1.82, 2.24) is 53.2 Å². The average molecular weight is 915 g/mol. The number of carboxylic acid groups (broad SMARTS) is 1. The monoisotopic (exact) mass is 915 g/mol. The van der Waals surface area contributed by atoms with Crippen LogP contribution in [0, 0.1) is 5.92 Å². The largest absolute Gasteiger partial charge is 0.480 e. The lowest BCUT2D eigenvalue weighted by molar-refractivity contribution is -0.138. The number of carbonyl (C=O) groups excluding carboxylic acids is 10. The maximum Gasteiger partial charge on any atom is 0.322 e. The van der Waals surface area contributed by atoms with E-state index >= 15 is 0 Å². The molecule has 364 valence electrons. The fourth-order valence-electron chi connectivity index (χ4n) is 5.62. The molecule has 0 saturated heterocycles. The number of carboxylic acids is 1. The zero-order valence-electron chi connectivity index (χ0n) is 36.8. The summed E-state index contributed by atoms with van der Waals surface area (Å²) in [6, 6.07) is -4.36. The van der Waals surface area contributed by atoms with Crippen LogP contribution in [0.5, 0.6) is 0 Å². The molecule has 0 aromatic heterocycles. The number of amides is 10. The fraction of sp³-hybridized carbons (Fsp3) is 0.711. The number of rotatable bonds is 35. The molecule has 0 radical (unpaired) electrons. The zero-order valence-corrected chi connectivity index (χ0v) is 36.8. The quantitative estimate of drug-likeness (QED) is 0.0263. The van der Waals surface area contributed by atoms with Gasteiger partial charge in [0.25, 0.3) is 0 Å². The first-order valence-electron chi connectivity index (χ1n) is 21.2. The summed E-state index contributed by atoms with van der Waals surface area (Å²) in [7, 11) is 0. The van der Waals surface area contributed by atoms with E-state index in [2.05, 4.69) is 53.2 Å². The average Bonchev–Trinajstić information content (AvgIpc) is 3.25. The molecule has 0 spiro atoms. The topological polar surface area (TPSA) is 432 Å². The van der Waals surface area contributed by atoms with E-state index in [1.807, 2.05) is 0 Å². The summed E-state index contributed by atoms with van der Waals surface area (Å²) in [6.07, 6.45) is 3.69. The van der Waals surface area contributed by atoms with Crippen LogP contribution in [0.15, 0.2) is 0 Å². The Kier molecular flexibility index (Phi) is 31.3. The highest BCUT2D eigenvalue weighted by Crippen LogP contribution is 2.06. The van der Waals surface area contributed by atoms with Crippen LogP contribution < -0.4 is 76.1 Å². The summed E-state index contributed by atoms with van der Waals surface area (Å²) in [5, 5.41) is 32.6.